The van der Waals surface area contributed by atoms with Crippen molar-refractivity contribution >= 4 is 40.3 Å². The number of nitrogens with one attached hydrogen (secondary N) is 1. The molecular formula is C5H4BrClMgN2. The van der Waals surface area contributed by atoms with E-state index in [2.05, 4.69) is 4.98 Å². The van der Waals surface area contributed by atoms with E-state index in [0.29, 0.717) is 0 Å². The van der Waals surface area contributed by atoms with Crippen LogP contribution in [-0.4, -0.2) is 28.0 Å². The van der Waals surface area contributed by atoms with Crippen LogP contribution in [0.15, 0.2) is 18.3 Å². The SMILES string of the molecule is [Br-].[Mg+2].[NH-]c1cccnc1Cl. The van der Waals surface area contributed by atoms with Gasteiger partial charge in [0.2, 0.25) is 0 Å². The van der Waals surface area contributed by atoms with Gasteiger partial charge in [0, 0.05) is 6.20 Å². The molecule has 0 aliphatic carbocycles. The van der Waals surface area contributed by atoms with Gasteiger partial charge in [0.25, 0.3) is 0 Å². The van der Waals surface area contributed by atoms with Gasteiger partial charge in [0.1, 0.15) is 5.15 Å². The van der Waals surface area contributed by atoms with E-state index in [4.69, 9.17) is 17.3 Å². The van der Waals surface area contributed by atoms with Gasteiger partial charge in [-0.05, 0) is 6.07 Å². The standard InChI is InChI=1S/C5H4ClN2.BrH.Mg/c6-5-4(7)2-1-3-8-5;;/h1-3,7H;1H;/q-1;;+2/p-1. The number of hydrogen-bond donors (Lipinski definition) is 0. The monoisotopic (exact) mass is 230 g/mol. The minimum atomic E-state index is 0. The Labute approximate surface area is 91.1 Å². The molecule has 0 aliphatic heterocycles. The summed E-state index contributed by atoms with van der Waals surface area (Å²) in [4.78, 5) is 3.66. The molecule has 10 heavy (non-hydrogen) atoms. The van der Waals surface area contributed by atoms with E-state index in [1.165, 1.54) is 0 Å². The number of halogens is 2. The smallest absolute Gasteiger partial charge is 1.00 e. The van der Waals surface area contributed by atoms with Crippen LogP contribution < -0.4 is 17.0 Å². The maximum absolute atomic E-state index is 7.03. The van der Waals surface area contributed by atoms with Crippen molar-refractivity contribution < 1.29 is 17.0 Å². The maximum Gasteiger partial charge on any atom is 2.00 e. The Hall–Kier alpha value is 0.486. The fraction of sp³-hybridized carbons (Fsp3) is 0. The topological polar surface area (TPSA) is 36.7 Å². The normalized spacial score (nSPS) is 7.30. The summed E-state index contributed by atoms with van der Waals surface area (Å²) in [6, 6.07) is 3.27. The second-order valence-corrected chi connectivity index (χ2v) is 1.70. The molecule has 0 atom stereocenters. The summed E-state index contributed by atoms with van der Waals surface area (Å²) in [5, 5.41) is 0.257. The summed E-state index contributed by atoms with van der Waals surface area (Å²) in [6.07, 6.45) is 1.56. The van der Waals surface area contributed by atoms with Crippen molar-refractivity contribution in [1.82, 2.24) is 4.98 Å². The molecule has 1 N–H and O–H groups in total. The zero-order valence-corrected chi connectivity index (χ0v) is 8.90. The van der Waals surface area contributed by atoms with Crippen LogP contribution in [-0.2, 0) is 0 Å². The van der Waals surface area contributed by atoms with Gasteiger partial charge >= 0.3 is 23.1 Å². The van der Waals surface area contributed by atoms with Crippen molar-refractivity contribution in [2.24, 2.45) is 0 Å². The van der Waals surface area contributed by atoms with E-state index in [1.54, 1.807) is 18.3 Å². The Balaban J connectivity index is 0. The summed E-state index contributed by atoms with van der Waals surface area (Å²) >= 11 is 5.41. The molecule has 1 rings (SSSR count). The number of aromatic nitrogens is 1. The summed E-state index contributed by atoms with van der Waals surface area (Å²) < 4.78 is 0. The summed E-state index contributed by atoms with van der Waals surface area (Å²) in [5.41, 5.74) is 7.30. The van der Waals surface area contributed by atoms with Crippen LogP contribution in [0.5, 0.6) is 0 Å². The Morgan fingerprint density at radius 1 is 1.50 bits per heavy atom. The minimum Gasteiger partial charge on any atom is -1.00 e. The zero-order chi connectivity index (χ0) is 5.98. The van der Waals surface area contributed by atoms with Crippen molar-refractivity contribution in [3.8, 4) is 0 Å². The Morgan fingerprint density at radius 3 is 2.40 bits per heavy atom. The van der Waals surface area contributed by atoms with Crippen molar-refractivity contribution in [2.75, 3.05) is 0 Å². The number of pyridine rings is 1. The first-order valence-electron chi connectivity index (χ1n) is 2.13. The molecule has 0 amide bonds. The van der Waals surface area contributed by atoms with E-state index < -0.39 is 0 Å². The molecule has 0 saturated heterocycles. The number of nitrogens with zero attached hydrogens (tertiary/aromatic N) is 1. The molecule has 0 aromatic carbocycles. The molecule has 1 aromatic heterocycles. The van der Waals surface area contributed by atoms with Gasteiger partial charge in [-0.25, -0.2) is 4.98 Å². The van der Waals surface area contributed by atoms with Gasteiger partial charge in [-0.1, -0.05) is 17.7 Å². The Morgan fingerprint density at radius 2 is 2.10 bits per heavy atom. The first kappa shape index (κ1) is 13.1. The minimum absolute atomic E-state index is 0. The van der Waals surface area contributed by atoms with E-state index in [-0.39, 0.29) is 50.9 Å². The van der Waals surface area contributed by atoms with Crippen LogP contribution in [0.2, 0.25) is 5.15 Å². The number of rotatable bonds is 0. The second kappa shape index (κ2) is 6.21. The zero-order valence-electron chi connectivity index (χ0n) is 5.14. The van der Waals surface area contributed by atoms with Crippen LogP contribution in [0.25, 0.3) is 5.73 Å². The van der Waals surface area contributed by atoms with Crippen molar-refractivity contribution in [3.05, 3.63) is 29.2 Å². The molecule has 2 nitrogen and oxygen atoms in total. The first-order chi connectivity index (χ1) is 3.80. The second-order valence-electron chi connectivity index (χ2n) is 1.34. The molecule has 1 heterocycles. The largest absolute Gasteiger partial charge is 2.00 e. The molecule has 1 aromatic rings. The van der Waals surface area contributed by atoms with E-state index >= 15 is 0 Å². The van der Waals surface area contributed by atoms with Gasteiger partial charge in [-0.15, -0.1) is 5.69 Å². The summed E-state index contributed by atoms with van der Waals surface area (Å²) in [7, 11) is 0. The van der Waals surface area contributed by atoms with Gasteiger partial charge in [0.15, 0.2) is 0 Å². The van der Waals surface area contributed by atoms with E-state index in [9.17, 15) is 0 Å². The van der Waals surface area contributed by atoms with Crippen LogP contribution in [0.1, 0.15) is 0 Å². The van der Waals surface area contributed by atoms with Crippen molar-refractivity contribution in [1.29, 1.82) is 0 Å². The average molecular weight is 232 g/mol. The van der Waals surface area contributed by atoms with Crippen LogP contribution in [0.4, 0.5) is 5.69 Å². The van der Waals surface area contributed by atoms with Gasteiger partial charge in [0.05, 0.1) is 0 Å². The van der Waals surface area contributed by atoms with Crippen molar-refractivity contribution in [3.63, 3.8) is 0 Å². The predicted octanol–water partition coefficient (Wildman–Crippen LogP) is -0.958. The van der Waals surface area contributed by atoms with Gasteiger partial charge in [-0.2, -0.15) is 0 Å². The fourth-order valence-electron chi connectivity index (χ4n) is 0.386. The number of hydrogen-bond acceptors (Lipinski definition) is 1. The molecule has 0 bridgehead atoms. The molecule has 50 valence electrons. The quantitative estimate of drug-likeness (QED) is 0.419. The third kappa shape index (κ3) is 3.60. The average Bonchev–Trinajstić information content (AvgIpc) is 1.77. The van der Waals surface area contributed by atoms with Crippen LogP contribution in [0.3, 0.4) is 0 Å². The van der Waals surface area contributed by atoms with Gasteiger partial charge in [-0.3, -0.25) is 0 Å². The Bertz CT molecular complexity index is 176. The predicted molar refractivity (Wildman–Crippen MR) is 39.0 cm³/mol. The summed E-state index contributed by atoms with van der Waals surface area (Å²) in [5.74, 6) is 0. The first-order valence-corrected chi connectivity index (χ1v) is 2.50. The Kier molecular flexibility index (Phi) is 8.14. The van der Waals surface area contributed by atoms with Crippen LogP contribution in [0, 0.1) is 0 Å². The molecule has 0 unspecified atom stereocenters. The third-order valence-electron chi connectivity index (χ3n) is 0.759. The molecule has 0 aliphatic rings. The molecule has 0 fully saturated rings. The van der Waals surface area contributed by atoms with Gasteiger partial charge < -0.3 is 22.7 Å². The molecular weight excluding hydrogens is 228 g/mol. The molecule has 0 radical (unpaired) electrons. The van der Waals surface area contributed by atoms with Crippen molar-refractivity contribution in [2.45, 2.75) is 0 Å². The van der Waals surface area contributed by atoms with E-state index in [0.717, 1.165) is 0 Å². The molecule has 5 heteroatoms. The maximum atomic E-state index is 7.03. The molecule has 0 spiro atoms. The third-order valence-corrected chi connectivity index (χ3v) is 1.06. The summed E-state index contributed by atoms with van der Waals surface area (Å²) in [6.45, 7) is 0. The van der Waals surface area contributed by atoms with Crippen LogP contribution >= 0.6 is 11.6 Å². The fourth-order valence-corrected chi connectivity index (χ4v) is 0.505. The molecule has 0 saturated carbocycles. The van der Waals surface area contributed by atoms with E-state index in [1.807, 2.05) is 0 Å².